The summed E-state index contributed by atoms with van der Waals surface area (Å²) < 4.78 is 5.78. The molecule has 0 aromatic rings. The third-order valence-electron chi connectivity index (χ3n) is 4.40. The van der Waals surface area contributed by atoms with Gasteiger partial charge in [0.2, 0.25) is 0 Å². The number of aliphatic hydroxyl groups excluding tert-OH is 1. The Kier molecular flexibility index (Phi) is 6.88. The first-order valence-corrected chi connectivity index (χ1v) is 9.39. The van der Waals surface area contributed by atoms with Crippen LogP contribution >= 0.6 is 11.8 Å². The van der Waals surface area contributed by atoms with E-state index in [1.165, 1.54) is 4.90 Å². The maximum Gasteiger partial charge on any atom is 0.324 e. The van der Waals surface area contributed by atoms with E-state index < -0.39 is 23.4 Å². The molecule has 2 fully saturated rings. The average molecular weight is 359 g/mol. The molecule has 2 aliphatic rings. The molecule has 0 spiro atoms. The molecule has 0 radical (unpaired) electrons. The van der Waals surface area contributed by atoms with Crippen LogP contribution in [-0.4, -0.2) is 89.3 Å². The Bertz CT molecular complexity index is 482. The van der Waals surface area contributed by atoms with Gasteiger partial charge in [0.1, 0.15) is 0 Å². The smallest absolute Gasteiger partial charge is 0.324 e. The van der Waals surface area contributed by atoms with E-state index in [9.17, 15) is 14.4 Å². The molecule has 24 heavy (non-hydrogen) atoms. The van der Waals surface area contributed by atoms with E-state index in [0.717, 1.165) is 29.2 Å². The molecule has 0 aromatic heterocycles. The molecule has 0 bridgehead atoms. The minimum Gasteiger partial charge on any atom is -0.394 e. The molecule has 8 nitrogen and oxygen atoms in total. The van der Waals surface area contributed by atoms with Crippen LogP contribution in [0.25, 0.3) is 0 Å². The van der Waals surface area contributed by atoms with Crippen molar-refractivity contribution >= 4 is 29.6 Å². The van der Waals surface area contributed by atoms with Gasteiger partial charge in [-0.05, 0) is 31.3 Å². The molecular formula is C15H25N3O5S. The van der Waals surface area contributed by atoms with Crippen molar-refractivity contribution in [1.82, 2.24) is 15.1 Å². The number of piperazine rings is 1. The fourth-order valence-electron chi connectivity index (χ4n) is 2.88. The third-order valence-corrected chi connectivity index (χ3v) is 5.39. The van der Waals surface area contributed by atoms with E-state index in [2.05, 4.69) is 5.32 Å². The Balaban J connectivity index is 1.93. The molecule has 9 heteroatoms. The Morgan fingerprint density at radius 1 is 1.29 bits per heavy atom. The number of aliphatic hydroxyl groups is 1. The minimum atomic E-state index is -0.787. The number of nitrogens with zero attached hydrogens (tertiary/aromatic N) is 2. The SMILES string of the molecule is CCN1CCN(C(=O)NCC2(OCCO)CCSCC2)C(=O)C1=O. The fourth-order valence-corrected chi connectivity index (χ4v) is 4.12. The Morgan fingerprint density at radius 3 is 2.62 bits per heavy atom. The molecule has 0 atom stereocenters. The van der Waals surface area contributed by atoms with E-state index in [4.69, 9.17) is 9.84 Å². The summed E-state index contributed by atoms with van der Waals surface area (Å²) >= 11 is 1.83. The predicted molar refractivity (Wildman–Crippen MR) is 89.7 cm³/mol. The van der Waals surface area contributed by atoms with E-state index in [1.807, 2.05) is 11.8 Å². The molecule has 2 saturated heterocycles. The second kappa shape index (κ2) is 8.68. The number of urea groups is 1. The third kappa shape index (κ3) is 4.40. The van der Waals surface area contributed by atoms with Crippen LogP contribution in [0.3, 0.4) is 0 Å². The maximum atomic E-state index is 12.3. The zero-order chi connectivity index (χ0) is 17.6. The summed E-state index contributed by atoms with van der Waals surface area (Å²) in [7, 11) is 0. The molecule has 0 aliphatic carbocycles. The minimum absolute atomic E-state index is 0.0746. The van der Waals surface area contributed by atoms with Crippen molar-refractivity contribution in [3.05, 3.63) is 0 Å². The van der Waals surface area contributed by atoms with Crippen LogP contribution < -0.4 is 5.32 Å². The van der Waals surface area contributed by atoms with Crippen LogP contribution in [0.4, 0.5) is 4.79 Å². The van der Waals surface area contributed by atoms with E-state index >= 15 is 0 Å². The van der Waals surface area contributed by atoms with Crippen LogP contribution in [0.1, 0.15) is 19.8 Å². The van der Waals surface area contributed by atoms with Crippen molar-refractivity contribution in [2.45, 2.75) is 25.4 Å². The number of thioether (sulfide) groups is 1. The monoisotopic (exact) mass is 359 g/mol. The lowest BCUT2D eigenvalue weighted by atomic mass is 9.96. The lowest BCUT2D eigenvalue weighted by Crippen LogP contribution is -2.59. The molecule has 0 saturated carbocycles. The fraction of sp³-hybridized carbons (Fsp3) is 0.800. The number of hydrogen-bond acceptors (Lipinski definition) is 6. The number of carbonyl (C=O) groups is 3. The standard InChI is InChI=1S/C15H25N3O5S/c1-2-17-5-6-18(13(21)12(17)20)14(22)16-11-15(23-8-7-19)3-9-24-10-4-15/h19H,2-11H2,1H3,(H,16,22). The maximum absolute atomic E-state index is 12.3. The first-order valence-electron chi connectivity index (χ1n) is 8.24. The van der Waals surface area contributed by atoms with Crippen LogP contribution in [0.15, 0.2) is 0 Å². The number of likely N-dealkylation sites (N-methyl/N-ethyl adjacent to an activating group) is 1. The lowest BCUT2D eigenvalue weighted by molar-refractivity contribution is -0.153. The number of carbonyl (C=O) groups excluding carboxylic acids is 3. The summed E-state index contributed by atoms with van der Waals surface area (Å²) in [4.78, 5) is 38.6. The van der Waals surface area contributed by atoms with Crippen LogP contribution in [0.2, 0.25) is 0 Å². The van der Waals surface area contributed by atoms with Crippen molar-refractivity contribution in [3.8, 4) is 0 Å². The average Bonchev–Trinajstić information content (AvgIpc) is 2.61. The highest BCUT2D eigenvalue weighted by molar-refractivity contribution is 7.99. The summed E-state index contributed by atoms with van der Waals surface area (Å²) in [5.74, 6) is 0.422. The second-order valence-electron chi connectivity index (χ2n) is 5.87. The quantitative estimate of drug-likeness (QED) is 0.630. The molecular weight excluding hydrogens is 334 g/mol. The lowest BCUT2D eigenvalue weighted by Gasteiger charge is -2.38. The predicted octanol–water partition coefficient (Wildman–Crippen LogP) is -0.339. The Morgan fingerprint density at radius 2 is 2.00 bits per heavy atom. The molecule has 136 valence electrons. The largest absolute Gasteiger partial charge is 0.394 e. The molecule has 0 aromatic carbocycles. The van der Waals surface area contributed by atoms with Gasteiger partial charge in [-0.3, -0.25) is 14.5 Å². The van der Waals surface area contributed by atoms with Crippen molar-refractivity contribution in [2.75, 3.05) is 50.9 Å². The number of hydrogen-bond donors (Lipinski definition) is 2. The highest BCUT2D eigenvalue weighted by Crippen LogP contribution is 2.30. The van der Waals surface area contributed by atoms with Crippen LogP contribution in [0.5, 0.6) is 0 Å². The van der Waals surface area contributed by atoms with Crippen molar-refractivity contribution in [1.29, 1.82) is 0 Å². The van der Waals surface area contributed by atoms with Gasteiger partial charge in [0, 0.05) is 26.2 Å². The molecule has 2 aliphatic heterocycles. The van der Waals surface area contributed by atoms with Gasteiger partial charge >= 0.3 is 17.8 Å². The molecule has 4 amide bonds. The van der Waals surface area contributed by atoms with Gasteiger partial charge < -0.3 is 20.1 Å². The van der Waals surface area contributed by atoms with E-state index in [0.29, 0.717) is 13.1 Å². The topological polar surface area (TPSA) is 99.2 Å². The number of rotatable bonds is 6. The number of imide groups is 1. The van der Waals surface area contributed by atoms with Gasteiger partial charge in [-0.25, -0.2) is 4.79 Å². The van der Waals surface area contributed by atoms with Gasteiger partial charge in [0.05, 0.1) is 18.8 Å². The van der Waals surface area contributed by atoms with Gasteiger partial charge in [0.15, 0.2) is 0 Å². The van der Waals surface area contributed by atoms with Gasteiger partial charge in [-0.2, -0.15) is 11.8 Å². The number of amides is 4. The first kappa shape index (κ1) is 19.0. The first-order chi connectivity index (χ1) is 11.5. The normalized spacial score (nSPS) is 21.1. The van der Waals surface area contributed by atoms with Gasteiger partial charge in [-0.15, -0.1) is 0 Å². The van der Waals surface area contributed by atoms with E-state index in [1.54, 1.807) is 6.92 Å². The van der Waals surface area contributed by atoms with Crippen molar-refractivity contribution in [3.63, 3.8) is 0 Å². The summed E-state index contributed by atoms with van der Waals surface area (Å²) in [6.07, 6.45) is 1.54. The Hall–Kier alpha value is -1.32. The Labute approximate surface area is 145 Å². The zero-order valence-corrected chi connectivity index (χ0v) is 14.8. The zero-order valence-electron chi connectivity index (χ0n) is 14.0. The summed E-state index contributed by atoms with van der Waals surface area (Å²) in [6, 6.07) is -0.561. The number of nitrogens with one attached hydrogen (secondary N) is 1. The number of ether oxygens (including phenoxy) is 1. The molecule has 2 heterocycles. The second-order valence-corrected chi connectivity index (χ2v) is 7.09. The molecule has 0 unspecified atom stereocenters. The van der Waals surface area contributed by atoms with E-state index in [-0.39, 0.29) is 26.3 Å². The summed E-state index contributed by atoms with van der Waals surface area (Å²) in [5.41, 5.74) is -0.512. The highest BCUT2D eigenvalue weighted by Gasteiger charge is 2.38. The summed E-state index contributed by atoms with van der Waals surface area (Å²) in [5, 5.41) is 11.7. The molecule has 2 rings (SSSR count). The highest BCUT2D eigenvalue weighted by atomic mass is 32.2. The van der Waals surface area contributed by atoms with Crippen LogP contribution in [-0.2, 0) is 14.3 Å². The molecule has 2 N–H and O–H groups in total. The van der Waals surface area contributed by atoms with Crippen molar-refractivity contribution in [2.24, 2.45) is 0 Å². The van der Waals surface area contributed by atoms with Crippen molar-refractivity contribution < 1.29 is 24.2 Å². The summed E-state index contributed by atoms with van der Waals surface area (Å²) in [6.45, 7) is 3.21. The van der Waals surface area contributed by atoms with Gasteiger partial charge in [-0.1, -0.05) is 0 Å². The van der Waals surface area contributed by atoms with Crippen LogP contribution in [0, 0.1) is 0 Å². The van der Waals surface area contributed by atoms with Gasteiger partial charge in [0.25, 0.3) is 0 Å².